The van der Waals surface area contributed by atoms with Crippen LogP contribution in [0.3, 0.4) is 0 Å². The van der Waals surface area contributed by atoms with Crippen molar-refractivity contribution in [2.75, 3.05) is 26.4 Å². The van der Waals surface area contributed by atoms with Crippen LogP contribution < -0.4 is 5.32 Å². The fraction of sp³-hybridized carbons (Fsp3) is 0.357. The second-order valence-corrected chi connectivity index (χ2v) is 4.88. The number of hydrogen-bond acceptors (Lipinski definition) is 5. The second kappa shape index (κ2) is 8.01. The number of benzene rings is 1. The third-order valence-corrected chi connectivity index (χ3v) is 3.48. The molecule has 2 rings (SSSR count). The van der Waals surface area contributed by atoms with E-state index in [-0.39, 0.29) is 6.61 Å². The van der Waals surface area contributed by atoms with Crippen LogP contribution in [0.15, 0.2) is 35.7 Å². The summed E-state index contributed by atoms with van der Waals surface area (Å²) in [6.45, 7) is 2.59. The van der Waals surface area contributed by atoms with E-state index in [1.807, 2.05) is 18.2 Å². The van der Waals surface area contributed by atoms with Crippen LogP contribution in [0.4, 0.5) is 0 Å². The Bertz CT molecular complexity index is 473. The van der Waals surface area contributed by atoms with Gasteiger partial charge >= 0.3 is 0 Å². The van der Waals surface area contributed by atoms with Crippen LogP contribution in [0.5, 0.6) is 0 Å². The number of nitrogens with one attached hydrogen (secondary N) is 1. The third kappa shape index (κ3) is 4.72. The molecule has 0 saturated heterocycles. The van der Waals surface area contributed by atoms with Gasteiger partial charge in [-0.05, 0) is 0 Å². The molecule has 1 aromatic heterocycles. The van der Waals surface area contributed by atoms with Gasteiger partial charge in [0.05, 0.1) is 25.5 Å². The Morgan fingerprint density at radius 1 is 1.21 bits per heavy atom. The first-order valence-corrected chi connectivity index (χ1v) is 7.17. The SMILES string of the molecule is OCCOCCNCc1csc(-c2ccccc2)n1. The Morgan fingerprint density at radius 2 is 2.05 bits per heavy atom. The number of ether oxygens (including phenoxy) is 1. The van der Waals surface area contributed by atoms with E-state index in [0.29, 0.717) is 13.2 Å². The van der Waals surface area contributed by atoms with E-state index in [9.17, 15) is 0 Å². The molecule has 0 aliphatic carbocycles. The highest BCUT2D eigenvalue weighted by Crippen LogP contribution is 2.22. The van der Waals surface area contributed by atoms with Crippen LogP contribution in [0.1, 0.15) is 5.69 Å². The highest BCUT2D eigenvalue weighted by molar-refractivity contribution is 7.13. The van der Waals surface area contributed by atoms with Gasteiger partial charge in [0.15, 0.2) is 0 Å². The highest BCUT2D eigenvalue weighted by Gasteiger charge is 2.03. The summed E-state index contributed by atoms with van der Waals surface area (Å²) in [5.41, 5.74) is 2.20. The molecule has 0 atom stereocenters. The molecule has 2 aromatic rings. The third-order valence-electron chi connectivity index (χ3n) is 2.54. The van der Waals surface area contributed by atoms with Gasteiger partial charge in [0.25, 0.3) is 0 Å². The van der Waals surface area contributed by atoms with Gasteiger partial charge in [-0.1, -0.05) is 30.3 Å². The number of aromatic nitrogens is 1. The van der Waals surface area contributed by atoms with Crippen molar-refractivity contribution in [3.63, 3.8) is 0 Å². The second-order valence-electron chi connectivity index (χ2n) is 4.02. The van der Waals surface area contributed by atoms with E-state index in [0.717, 1.165) is 29.4 Å². The topological polar surface area (TPSA) is 54.4 Å². The predicted molar refractivity (Wildman–Crippen MR) is 77.2 cm³/mol. The number of thiazole rings is 1. The van der Waals surface area contributed by atoms with Crippen molar-refractivity contribution >= 4 is 11.3 Å². The number of rotatable bonds is 8. The van der Waals surface area contributed by atoms with E-state index in [2.05, 4.69) is 27.8 Å². The average molecular weight is 278 g/mol. The summed E-state index contributed by atoms with van der Waals surface area (Å²) < 4.78 is 5.16. The lowest BCUT2D eigenvalue weighted by Crippen LogP contribution is -2.20. The number of nitrogens with zero attached hydrogens (tertiary/aromatic N) is 1. The lowest BCUT2D eigenvalue weighted by molar-refractivity contribution is 0.0937. The number of aliphatic hydroxyl groups is 1. The Balaban J connectivity index is 1.75. The molecule has 0 fully saturated rings. The van der Waals surface area contributed by atoms with E-state index < -0.39 is 0 Å². The molecule has 0 amide bonds. The smallest absolute Gasteiger partial charge is 0.123 e. The summed E-state index contributed by atoms with van der Waals surface area (Å²) in [5.74, 6) is 0. The van der Waals surface area contributed by atoms with Crippen LogP contribution >= 0.6 is 11.3 Å². The molecule has 0 radical (unpaired) electrons. The maximum atomic E-state index is 8.56. The van der Waals surface area contributed by atoms with Crippen LogP contribution in [-0.2, 0) is 11.3 Å². The molecule has 4 nitrogen and oxygen atoms in total. The van der Waals surface area contributed by atoms with Crippen molar-refractivity contribution in [2.24, 2.45) is 0 Å². The largest absolute Gasteiger partial charge is 0.394 e. The van der Waals surface area contributed by atoms with Crippen LogP contribution in [0.2, 0.25) is 0 Å². The Morgan fingerprint density at radius 3 is 2.84 bits per heavy atom. The molecular weight excluding hydrogens is 260 g/mol. The van der Waals surface area contributed by atoms with Gasteiger partial charge in [-0.3, -0.25) is 0 Å². The van der Waals surface area contributed by atoms with Crippen LogP contribution in [0, 0.1) is 0 Å². The van der Waals surface area contributed by atoms with Crippen molar-refractivity contribution in [3.05, 3.63) is 41.4 Å². The zero-order chi connectivity index (χ0) is 13.3. The molecule has 19 heavy (non-hydrogen) atoms. The van der Waals surface area contributed by atoms with E-state index >= 15 is 0 Å². The van der Waals surface area contributed by atoms with Crippen molar-refractivity contribution in [1.29, 1.82) is 0 Å². The standard InChI is InChI=1S/C14H18N2O2S/c17-7-9-18-8-6-15-10-13-11-19-14(16-13)12-4-2-1-3-5-12/h1-5,11,15,17H,6-10H2. The lowest BCUT2D eigenvalue weighted by atomic mass is 10.2. The van der Waals surface area contributed by atoms with Gasteiger partial charge in [-0.25, -0.2) is 4.98 Å². The van der Waals surface area contributed by atoms with E-state index in [1.165, 1.54) is 0 Å². The Hall–Kier alpha value is -1.27. The summed E-state index contributed by atoms with van der Waals surface area (Å²) in [7, 11) is 0. The predicted octanol–water partition coefficient (Wildman–Crippen LogP) is 1.91. The molecule has 0 bridgehead atoms. The Labute approximate surface area is 117 Å². The fourth-order valence-electron chi connectivity index (χ4n) is 1.63. The normalized spacial score (nSPS) is 10.8. The highest BCUT2D eigenvalue weighted by atomic mass is 32.1. The fourth-order valence-corrected chi connectivity index (χ4v) is 2.45. The summed E-state index contributed by atoms with van der Waals surface area (Å²) in [5, 5.41) is 14.9. The maximum absolute atomic E-state index is 8.56. The van der Waals surface area contributed by atoms with E-state index in [4.69, 9.17) is 9.84 Å². The molecular formula is C14H18N2O2S. The average Bonchev–Trinajstić information content (AvgIpc) is 2.92. The molecule has 1 aromatic carbocycles. The first-order chi connectivity index (χ1) is 9.40. The van der Waals surface area contributed by atoms with Gasteiger partial charge in [-0.2, -0.15) is 0 Å². The zero-order valence-corrected chi connectivity index (χ0v) is 11.5. The van der Waals surface area contributed by atoms with E-state index in [1.54, 1.807) is 11.3 Å². The van der Waals surface area contributed by atoms with Gasteiger partial charge in [-0.15, -0.1) is 11.3 Å². The quantitative estimate of drug-likeness (QED) is 0.724. The molecule has 2 N–H and O–H groups in total. The molecule has 0 aliphatic rings. The van der Waals surface area contributed by atoms with Gasteiger partial charge in [0.2, 0.25) is 0 Å². The molecule has 5 heteroatoms. The Kier molecular flexibility index (Phi) is 5.97. The molecule has 102 valence electrons. The minimum atomic E-state index is 0.0759. The summed E-state index contributed by atoms with van der Waals surface area (Å²) in [6, 6.07) is 10.2. The lowest BCUT2D eigenvalue weighted by Gasteiger charge is -2.03. The molecule has 0 spiro atoms. The van der Waals surface area contributed by atoms with Crippen molar-refractivity contribution in [2.45, 2.75) is 6.54 Å². The summed E-state index contributed by atoms with van der Waals surface area (Å²) in [4.78, 5) is 4.59. The molecule has 0 saturated carbocycles. The monoisotopic (exact) mass is 278 g/mol. The molecule has 0 unspecified atom stereocenters. The molecule has 0 aliphatic heterocycles. The minimum Gasteiger partial charge on any atom is -0.394 e. The first-order valence-electron chi connectivity index (χ1n) is 6.29. The number of hydrogen-bond donors (Lipinski definition) is 2. The summed E-state index contributed by atoms with van der Waals surface area (Å²) in [6.07, 6.45) is 0. The zero-order valence-electron chi connectivity index (χ0n) is 10.7. The minimum absolute atomic E-state index is 0.0759. The number of aliphatic hydroxyl groups excluding tert-OH is 1. The maximum Gasteiger partial charge on any atom is 0.123 e. The van der Waals surface area contributed by atoms with Crippen LogP contribution in [0.25, 0.3) is 10.6 Å². The van der Waals surface area contributed by atoms with Crippen LogP contribution in [-0.4, -0.2) is 36.5 Å². The van der Waals surface area contributed by atoms with Gasteiger partial charge in [0, 0.05) is 24.0 Å². The van der Waals surface area contributed by atoms with Crippen molar-refractivity contribution < 1.29 is 9.84 Å². The van der Waals surface area contributed by atoms with Gasteiger partial charge in [0.1, 0.15) is 5.01 Å². The summed E-state index contributed by atoms with van der Waals surface area (Å²) >= 11 is 1.66. The van der Waals surface area contributed by atoms with Gasteiger partial charge < -0.3 is 15.2 Å². The van der Waals surface area contributed by atoms with Crippen molar-refractivity contribution in [3.8, 4) is 10.6 Å². The first kappa shape index (κ1) is 14.1. The van der Waals surface area contributed by atoms with Crippen molar-refractivity contribution in [1.82, 2.24) is 10.3 Å². The molecule has 1 heterocycles.